The van der Waals surface area contributed by atoms with Gasteiger partial charge in [0.25, 0.3) is 0 Å². The predicted octanol–water partition coefficient (Wildman–Crippen LogP) is 2.44. The maximum atomic E-state index is 12.6. The second-order valence-corrected chi connectivity index (χ2v) is 7.28. The predicted molar refractivity (Wildman–Crippen MR) is 104 cm³/mol. The fourth-order valence-electron chi connectivity index (χ4n) is 3.69. The molecule has 1 aromatic heterocycles. The number of carbonyl (C=O) groups is 2. The highest BCUT2D eigenvalue weighted by atomic mass is 16.6. The highest BCUT2D eigenvalue weighted by molar-refractivity contribution is 5.76. The summed E-state index contributed by atoms with van der Waals surface area (Å²) < 4.78 is 7.55. The molecule has 1 heterocycles. The maximum Gasteiger partial charge on any atom is 0.463 e. The number of aromatic nitrogens is 1. The zero-order valence-electron chi connectivity index (χ0n) is 16.7. The highest BCUT2D eigenvalue weighted by Gasteiger charge is 2.30. The number of nitrogens with zero attached hydrogens (tertiary/aromatic N) is 2. The molecule has 0 atom stereocenters. The molecular weight excluding hydrogens is 342 g/mol. The highest BCUT2D eigenvalue weighted by Crippen LogP contribution is 2.22. The fourth-order valence-corrected chi connectivity index (χ4v) is 3.69. The number of hydrogen-bond donors (Lipinski definition) is 1. The van der Waals surface area contributed by atoms with Crippen LogP contribution < -0.4 is 15.0 Å². The molecule has 6 nitrogen and oxygen atoms in total. The molecule has 1 aromatic rings. The monoisotopic (exact) mass is 372 g/mol. The number of terminal acetylenes is 1. The lowest BCUT2D eigenvalue weighted by Gasteiger charge is -2.29. The molecule has 1 aliphatic carbocycles. The third-order valence-electron chi connectivity index (χ3n) is 4.91. The molecule has 0 spiro atoms. The van der Waals surface area contributed by atoms with Gasteiger partial charge in [-0.2, -0.15) is 0 Å². The molecule has 146 valence electrons. The Labute approximate surface area is 161 Å². The van der Waals surface area contributed by atoms with Gasteiger partial charge in [0.15, 0.2) is 0 Å². The summed E-state index contributed by atoms with van der Waals surface area (Å²) in [6.07, 6.45) is 8.62. The van der Waals surface area contributed by atoms with Gasteiger partial charge in [-0.3, -0.25) is 4.79 Å². The standard InChI is InChI=1S/C21H29N3O3/c1-6-7-8-20(25)22-18-9-11-19(12-10-18)27-21(26)23(5)24-16(3)13-15(2)14-17(24)4/h1,13-14,18-19H,7-12H2,2-5H3/p+1. The minimum atomic E-state index is -0.364. The van der Waals surface area contributed by atoms with Crippen LogP contribution >= 0.6 is 0 Å². The summed E-state index contributed by atoms with van der Waals surface area (Å²) >= 11 is 0. The average molecular weight is 372 g/mol. The van der Waals surface area contributed by atoms with Crippen molar-refractivity contribution in [1.29, 1.82) is 0 Å². The van der Waals surface area contributed by atoms with Crippen molar-refractivity contribution in [1.82, 2.24) is 5.32 Å². The van der Waals surface area contributed by atoms with Crippen LogP contribution in [0.1, 0.15) is 55.5 Å². The van der Waals surface area contributed by atoms with E-state index in [2.05, 4.69) is 11.2 Å². The second kappa shape index (κ2) is 9.40. The molecule has 1 aliphatic rings. The lowest BCUT2D eigenvalue weighted by atomic mass is 9.93. The van der Waals surface area contributed by atoms with Crippen LogP contribution in [0.5, 0.6) is 0 Å². The van der Waals surface area contributed by atoms with Gasteiger partial charge in [-0.1, -0.05) is 9.69 Å². The molecular formula is C21H30N3O3+. The maximum absolute atomic E-state index is 12.6. The molecule has 2 amide bonds. The summed E-state index contributed by atoms with van der Waals surface area (Å²) in [5.41, 5.74) is 3.11. The number of pyridine rings is 1. The number of ether oxygens (including phenoxy) is 1. The topological polar surface area (TPSA) is 62.5 Å². The van der Waals surface area contributed by atoms with Crippen molar-refractivity contribution in [3.63, 3.8) is 0 Å². The molecule has 6 heteroatoms. The van der Waals surface area contributed by atoms with Crippen molar-refractivity contribution >= 4 is 12.0 Å². The number of hydrogen-bond acceptors (Lipinski definition) is 3. The Morgan fingerprint density at radius 3 is 2.37 bits per heavy atom. The summed E-state index contributed by atoms with van der Waals surface area (Å²) in [5.74, 6) is 2.47. The number of nitrogens with one attached hydrogen (secondary N) is 1. The Balaban J connectivity index is 1.86. The van der Waals surface area contributed by atoms with Gasteiger partial charge < -0.3 is 10.1 Å². The summed E-state index contributed by atoms with van der Waals surface area (Å²) in [5, 5.41) is 4.52. The van der Waals surface area contributed by atoms with Crippen molar-refractivity contribution in [3.8, 4) is 12.3 Å². The number of rotatable bonds is 5. The zero-order valence-corrected chi connectivity index (χ0v) is 16.7. The van der Waals surface area contributed by atoms with Crippen molar-refractivity contribution in [3.05, 3.63) is 29.1 Å². The Kier molecular flexibility index (Phi) is 7.23. The van der Waals surface area contributed by atoms with Crippen molar-refractivity contribution in [2.24, 2.45) is 0 Å². The summed E-state index contributed by atoms with van der Waals surface area (Å²) in [6.45, 7) is 5.97. The third kappa shape index (κ3) is 5.72. The van der Waals surface area contributed by atoms with Gasteiger partial charge in [-0.15, -0.1) is 12.3 Å². The van der Waals surface area contributed by atoms with Crippen molar-refractivity contribution in [2.75, 3.05) is 12.1 Å². The molecule has 1 N–H and O–H groups in total. The molecule has 0 saturated heterocycles. The first-order chi connectivity index (χ1) is 12.8. The molecule has 0 aliphatic heterocycles. The molecule has 0 bridgehead atoms. The Bertz CT molecular complexity index is 708. The van der Waals surface area contributed by atoms with Gasteiger partial charge in [0.1, 0.15) is 6.10 Å². The quantitative estimate of drug-likeness (QED) is 0.638. The van der Waals surface area contributed by atoms with E-state index < -0.39 is 0 Å². The van der Waals surface area contributed by atoms with E-state index in [0.29, 0.717) is 12.8 Å². The van der Waals surface area contributed by atoms with Gasteiger partial charge in [0, 0.05) is 44.9 Å². The van der Waals surface area contributed by atoms with Crippen molar-refractivity contribution in [2.45, 2.75) is 71.4 Å². The molecule has 1 fully saturated rings. The smallest absolute Gasteiger partial charge is 0.443 e. The molecule has 0 aromatic carbocycles. The minimum absolute atomic E-state index is 0.00477. The van der Waals surface area contributed by atoms with Crippen molar-refractivity contribution < 1.29 is 19.0 Å². The average Bonchev–Trinajstić information content (AvgIpc) is 2.60. The largest absolute Gasteiger partial charge is 0.463 e. The van der Waals surface area contributed by atoms with Crippen LogP contribution in [0.2, 0.25) is 0 Å². The Morgan fingerprint density at radius 1 is 1.22 bits per heavy atom. The van der Waals surface area contributed by atoms with Gasteiger partial charge in [-0.25, -0.2) is 4.79 Å². The molecule has 27 heavy (non-hydrogen) atoms. The van der Waals surface area contributed by atoms with E-state index in [-0.39, 0.29) is 24.1 Å². The molecule has 2 rings (SSSR count). The van der Waals surface area contributed by atoms with Crippen LogP contribution in [0.25, 0.3) is 0 Å². The van der Waals surface area contributed by atoms with Gasteiger partial charge in [-0.05, 0) is 38.2 Å². The number of aryl methyl sites for hydroxylation is 3. The van der Waals surface area contributed by atoms with Crippen LogP contribution in [0, 0.1) is 33.1 Å². The summed E-state index contributed by atoms with van der Waals surface area (Å²) in [6, 6.07) is 4.20. The van der Waals surface area contributed by atoms with E-state index in [1.165, 1.54) is 5.01 Å². The van der Waals surface area contributed by atoms with Gasteiger partial charge >= 0.3 is 6.09 Å². The second-order valence-electron chi connectivity index (χ2n) is 7.28. The first-order valence-corrected chi connectivity index (χ1v) is 9.49. The lowest BCUT2D eigenvalue weighted by molar-refractivity contribution is -0.692. The van der Waals surface area contributed by atoms with E-state index in [4.69, 9.17) is 11.2 Å². The van der Waals surface area contributed by atoms with E-state index >= 15 is 0 Å². The summed E-state index contributed by atoms with van der Waals surface area (Å²) in [7, 11) is 1.72. The van der Waals surface area contributed by atoms with Crippen LogP contribution in [-0.4, -0.2) is 31.2 Å². The first kappa shape index (κ1) is 20.8. The van der Waals surface area contributed by atoms with E-state index in [9.17, 15) is 9.59 Å². The Morgan fingerprint density at radius 2 is 1.81 bits per heavy atom. The zero-order chi connectivity index (χ0) is 20.0. The van der Waals surface area contributed by atoms with E-state index in [0.717, 1.165) is 42.6 Å². The number of amides is 2. The minimum Gasteiger partial charge on any atom is -0.443 e. The third-order valence-corrected chi connectivity index (χ3v) is 4.91. The van der Waals surface area contributed by atoms with Crippen LogP contribution in [0.3, 0.4) is 0 Å². The SMILES string of the molecule is C#CCCC(=O)NC1CCC(OC(=O)N(C)[n+]2c(C)cc(C)cc2C)CC1. The lowest BCUT2D eigenvalue weighted by Crippen LogP contribution is -2.62. The normalized spacial score (nSPS) is 19.1. The number of carbonyl (C=O) groups excluding carboxylic acids is 2. The van der Waals surface area contributed by atoms with Crippen LogP contribution in [0.15, 0.2) is 12.1 Å². The molecule has 0 unspecified atom stereocenters. The fraction of sp³-hybridized carbons (Fsp3) is 0.571. The summed E-state index contributed by atoms with van der Waals surface area (Å²) in [4.78, 5) is 24.3. The van der Waals surface area contributed by atoms with E-state index in [1.54, 1.807) is 7.05 Å². The van der Waals surface area contributed by atoms with Gasteiger partial charge in [0.05, 0.1) is 7.05 Å². The van der Waals surface area contributed by atoms with Crippen LogP contribution in [-0.2, 0) is 9.53 Å². The van der Waals surface area contributed by atoms with Gasteiger partial charge in [0.2, 0.25) is 17.3 Å². The first-order valence-electron chi connectivity index (χ1n) is 9.49. The molecule has 1 saturated carbocycles. The van der Waals surface area contributed by atoms with E-state index in [1.807, 2.05) is 37.6 Å². The molecule has 0 radical (unpaired) electrons. The Hall–Kier alpha value is -2.55. The van der Waals surface area contributed by atoms with Crippen LogP contribution in [0.4, 0.5) is 4.79 Å².